The third-order valence-electron chi connectivity index (χ3n) is 16.0. The molecule has 7 rings (SSSR count). The van der Waals surface area contributed by atoms with Crippen molar-refractivity contribution in [3.8, 4) is 0 Å². The number of oxime groups is 1. The maximum atomic E-state index is 15.0. The van der Waals surface area contributed by atoms with Crippen molar-refractivity contribution in [1.82, 2.24) is 0 Å². The van der Waals surface area contributed by atoms with Gasteiger partial charge in [-0.3, -0.25) is 14.4 Å². The number of carbonyl (C=O) groups is 4. The van der Waals surface area contributed by atoms with E-state index in [2.05, 4.69) is 46.7 Å². The Hall–Kier alpha value is -4.07. The van der Waals surface area contributed by atoms with Gasteiger partial charge >= 0.3 is 17.9 Å². The SMILES string of the molecule is CC(=O)OC[C@]1(C)/C(=N/OC(C)=O)CC[C@@]2(C)[C@H]1CC[C@]1(C)[C@@H]2C(=O)C=C2[C@@H]3C[C@@](C)(C(=O)OC(c4ccccc4)c4ccccc4)CC[C@]3(C)CC[C@]21C. The number of ketones is 1. The molecule has 0 amide bonds. The lowest BCUT2D eigenvalue weighted by atomic mass is 9.33. The molecule has 2 aromatic carbocycles. The fourth-order valence-corrected chi connectivity index (χ4v) is 12.5. The van der Waals surface area contributed by atoms with Gasteiger partial charge in [-0.15, -0.1) is 0 Å². The quantitative estimate of drug-likeness (QED) is 0.158. The number of hydrogen-bond donors (Lipinski definition) is 0. The van der Waals surface area contributed by atoms with Crippen molar-refractivity contribution in [2.75, 3.05) is 6.61 Å². The zero-order chi connectivity index (χ0) is 39.6. The van der Waals surface area contributed by atoms with Crippen LogP contribution in [-0.4, -0.2) is 36.0 Å². The van der Waals surface area contributed by atoms with E-state index in [-0.39, 0.29) is 58.3 Å². The third-order valence-corrected chi connectivity index (χ3v) is 16.0. The molecule has 0 saturated heterocycles. The predicted octanol–water partition coefficient (Wildman–Crippen LogP) is 9.76. The topological polar surface area (TPSA) is 108 Å². The van der Waals surface area contributed by atoms with Gasteiger partial charge in [0, 0.05) is 25.2 Å². The molecular weight excluding hydrogens is 691 g/mol. The lowest BCUT2D eigenvalue weighted by Gasteiger charge is -2.70. The van der Waals surface area contributed by atoms with Crippen LogP contribution in [0.25, 0.3) is 0 Å². The summed E-state index contributed by atoms with van der Waals surface area (Å²) in [7, 11) is 0. The summed E-state index contributed by atoms with van der Waals surface area (Å²) in [6, 6.07) is 19.9. The second kappa shape index (κ2) is 13.8. The van der Waals surface area contributed by atoms with Crippen LogP contribution in [0.3, 0.4) is 0 Å². The van der Waals surface area contributed by atoms with Crippen LogP contribution in [0.15, 0.2) is 77.5 Å². The first kappa shape index (κ1) is 39.2. The first-order chi connectivity index (χ1) is 25.9. The Morgan fingerprint density at radius 3 is 2.02 bits per heavy atom. The van der Waals surface area contributed by atoms with Crippen LogP contribution in [-0.2, 0) is 33.5 Å². The maximum Gasteiger partial charge on any atom is 0.331 e. The number of allylic oxidation sites excluding steroid dienone is 2. The largest absolute Gasteiger partial charge is 0.465 e. The average molecular weight is 750 g/mol. The van der Waals surface area contributed by atoms with E-state index in [1.165, 1.54) is 19.4 Å². The summed E-state index contributed by atoms with van der Waals surface area (Å²) < 4.78 is 12.2. The van der Waals surface area contributed by atoms with Crippen molar-refractivity contribution in [2.24, 2.45) is 55.4 Å². The molecule has 0 radical (unpaired) electrons. The number of hydrogen-bond acceptors (Lipinski definition) is 8. The molecule has 0 heterocycles. The maximum absolute atomic E-state index is 15.0. The van der Waals surface area contributed by atoms with Gasteiger partial charge in [0.2, 0.25) is 0 Å². The smallest absolute Gasteiger partial charge is 0.331 e. The van der Waals surface area contributed by atoms with E-state index in [4.69, 9.17) is 14.3 Å². The third kappa shape index (κ3) is 6.30. The molecule has 55 heavy (non-hydrogen) atoms. The lowest BCUT2D eigenvalue weighted by Crippen LogP contribution is -2.67. The van der Waals surface area contributed by atoms with Crippen LogP contribution in [0.4, 0.5) is 0 Å². The van der Waals surface area contributed by atoms with E-state index >= 15 is 4.79 Å². The summed E-state index contributed by atoms with van der Waals surface area (Å²) in [4.78, 5) is 58.7. The van der Waals surface area contributed by atoms with E-state index in [0.29, 0.717) is 25.0 Å². The van der Waals surface area contributed by atoms with Crippen LogP contribution < -0.4 is 0 Å². The Bertz CT molecular complexity index is 1880. The van der Waals surface area contributed by atoms with E-state index in [0.717, 1.165) is 49.7 Å². The van der Waals surface area contributed by atoms with Gasteiger partial charge in [-0.05, 0) is 115 Å². The van der Waals surface area contributed by atoms with Crippen LogP contribution in [0, 0.1) is 50.2 Å². The van der Waals surface area contributed by atoms with Crippen molar-refractivity contribution < 1.29 is 33.5 Å². The zero-order valence-electron chi connectivity index (χ0n) is 34.0. The number of nitrogens with zero attached hydrogens (tertiary/aromatic N) is 1. The summed E-state index contributed by atoms with van der Waals surface area (Å²) in [6.45, 7) is 16.4. The molecule has 5 aliphatic rings. The minimum absolute atomic E-state index is 0.0215. The minimum atomic E-state index is -0.713. The number of ether oxygens (including phenoxy) is 2. The molecule has 0 N–H and O–H groups in total. The molecule has 0 unspecified atom stereocenters. The number of rotatable bonds is 7. The van der Waals surface area contributed by atoms with Crippen molar-refractivity contribution in [1.29, 1.82) is 0 Å². The van der Waals surface area contributed by atoms with E-state index in [1.807, 2.05) is 66.7 Å². The van der Waals surface area contributed by atoms with E-state index in [9.17, 15) is 14.4 Å². The Morgan fingerprint density at radius 1 is 0.800 bits per heavy atom. The predicted molar refractivity (Wildman–Crippen MR) is 210 cm³/mol. The zero-order valence-corrected chi connectivity index (χ0v) is 34.0. The van der Waals surface area contributed by atoms with Crippen molar-refractivity contribution >= 4 is 29.4 Å². The van der Waals surface area contributed by atoms with Crippen molar-refractivity contribution in [3.05, 3.63) is 83.4 Å². The summed E-state index contributed by atoms with van der Waals surface area (Å²) in [5, 5.41) is 4.33. The first-order valence-electron chi connectivity index (χ1n) is 20.4. The van der Waals surface area contributed by atoms with Gasteiger partial charge in [-0.1, -0.05) is 106 Å². The lowest BCUT2D eigenvalue weighted by molar-refractivity contribution is -0.183. The van der Waals surface area contributed by atoms with Gasteiger partial charge in [0.25, 0.3) is 0 Å². The Balaban J connectivity index is 1.22. The van der Waals surface area contributed by atoms with Gasteiger partial charge in [-0.2, -0.15) is 0 Å². The van der Waals surface area contributed by atoms with Crippen LogP contribution in [0.2, 0.25) is 0 Å². The van der Waals surface area contributed by atoms with E-state index in [1.54, 1.807) is 0 Å². The second-order valence-electron chi connectivity index (χ2n) is 19.2. The summed E-state index contributed by atoms with van der Waals surface area (Å²) >= 11 is 0. The second-order valence-corrected chi connectivity index (χ2v) is 19.2. The molecule has 0 aromatic heterocycles. The monoisotopic (exact) mass is 749 g/mol. The molecule has 2 aromatic rings. The standard InChI is InChI=1S/C47H59NO7/c1-30(49)53-29-45(6)37-19-22-47(8)40(44(37,5)21-20-38(45)48-55-31(2)50)36(51)27-34-35-28-43(4,24-23-42(35,3)25-26-46(34,47)7)41(52)54-39(32-15-11-9-12-16-32)33-17-13-10-14-18-33/h9-18,27,35,37,39-40H,19-26,28-29H2,1-8H3/b48-38+/t35-,37+,40+,42+,43-,44-,45-,46+,47+/m0/s1. The van der Waals surface area contributed by atoms with Gasteiger partial charge in [0.15, 0.2) is 11.9 Å². The molecule has 4 saturated carbocycles. The fourth-order valence-electron chi connectivity index (χ4n) is 12.5. The average Bonchev–Trinajstić information content (AvgIpc) is 3.14. The van der Waals surface area contributed by atoms with Gasteiger partial charge < -0.3 is 14.3 Å². The highest BCUT2D eigenvalue weighted by molar-refractivity contribution is 5.97. The van der Waals surface area contributed by atoms with Gasteiger partial charge in [0.05, 0.1) is 11.1 Å². The summed E-state index contributed by atoms with van der Waals surface area (Å²) in [5.41, 5.74) is 1.40. The van der Waals surface area contributed by atoms with E-state index < -0.39 is 28.3 Å². The number of esters is 2. The summed E-state index contributed by atoms with van der Waals surface area (Å²) in [6.07, 6.45) is 8.71. The molecule has 8 nitrogen and oxygen atoms in total. The van der Waals surface area contributed by atoms with Crippen molar-refractivity contribution in [3.63, 3.8) is 0 Å². The fraction of sp³-hybridized carbons (Fsp3) is 0.596. The first-order valence-corrected chi connectivity index (χ1v) is 20.4. The Labute approximate surface area is 326 Å². The Kier molecular flexibility index (Phi) is 9.86. The highest BCUT2D eigenvalue weighted by atomic mass is 16.7. The molecule has 4 fully saturated rings. The highest BCUT2D eigenvalue weighted by Gasteiger charge is 2.71. The highest BCUT2D eigenvalue weighted by Crippen LogP contribution is 2.75. The molecule has 8 heteroatoms. The van der Waals surface area contributed by atoms with Gasteiger partial charge in [0.1, 0.15) is 6.61 Å². The number of fused-ring (bicyclic) bond motifs is 7. The molecule has 0 bridgehead atoms. The van der Waals surface area contributed by atoms with Crippen molar-refractivity contribution in [2.45, 2.75) is 119 Å². The Morgan fingerprint density at radius 2 is 1.42 bits per heavy atom. The molecule has 0 spiro atoms. The normalized spacial score (nSPS) is 38.8. The molecule has 9 atom stereocenters. The molecule has 294 valence electrons. The van der Waals surface area contributed by atoms with Crippen LogP contribution >= 0.6 is 0 Å². The number of carbonyl (C=O) groups excluding carboxylic acids is 4. The van der Waals surface area contributed by atoms with Crippen LogP contribution in [0.5, 0.6) is 0 Å². The number of benzene rings is 2. The van der Waals surface area contributed by atoms with Crippen LogP contribution in [0.1, 0.15) is 130 Å². The summed E-state index contributed by atoms with van der Waals surface area (Å²) in [5.74, 6) is -1.08. The minimum Gasteiger partial charge on any atom is -0.465 e. The molecular formula is C47H59NO7. The molecule has 0 aliphatic heterocycles. The van der Waals surface area contributed by atoms with Gasteiger partial charge in [-0.25, -0.2) is 4.79 Å². The molecule has 5 aliphatic carbocycles.